The van der Waals surface area contributed by atoms with Gasteiger partial charge in [-0.2, -0.15) is 4.98 Å². The highest BCUT2D eigenvalue weighted by Gasteiger charge is 2.27. The lowest BCUT2D eigenvalue weighted by molar-refractivity contribution is 0.0665. The van der Waals surface area contributed by atoms with Gasteiger partial charge in [-0.25, -0.2) is 0 Å². The molecule has 0 spiro atoms. The van der Waals surface area contributed by atoms with Crippen molar-refractivity contribution < 1.29 is 14.0 Å². The average molecular weight is 389 g/mol. The van der Waals surface area contributed by atoms with Gasteiger partial charge < -0.3 is 19.3 Å². The van der Waals surface area contributed by atoms with Crippen LogP contribution in [0.15, 0.2) is 45.8 Å². The number of ether oxygens (including phenoxy) is 2. The molecule has 0 unspecified atom stereocenters. The van der Waals surface area contributed by atoms with Gasteiger partial charge in [-0.15, -0.1) is 16.8 Å². The topological polar surface area (TPSA) is 95.2 Å². The van der Waals surface area contributed by atoms with Crippen LogP contribution in [-0.2, 0) is 5.75 Å². The molecule has 0 saturated heterocycles. The summed E-state index contributed by atoms with van der Waals surface area (Å²) in [5.74, 6) is 2.90. The van der Waals surface area contributed by atoms with E-state index in [-0.39, 0.29) is 0 Å². The first-order chi connectivity index (χ1) is 12.8. The summed E-state index contributed by atoms with van der Waals surface area (Å²) in [6, 6.07) is 7.50. The van der Waals surface area contributed by atoms with Crippen LogP contribution in [0.3, 0.4) is 0 Å². The summed E-state index contributed by atoms with van der Waals surface area (Å²) >= 11 is 2.97. The molecular weight excluding hydrogens is 374 g/mol. The standard InChI is InChI=1S/C16H15N5O3S2/c1-2-7-17-15-19-20-16(26-15)25-9-13-18-14(24-21-13)12-8-22-10-5-3-4-6-11(10)23-12/h2-6,12H,1,7-9H2,(H,17,19)/t12-/m0/s1. The lowest BCUT2D eigenvalue weighted by atomic mass is 10.2. The second-order valence-corrected chi connectivity index (χ2v) is 7.44. The normalized spacial score (nSPS) is 15.6. The molecule has 134 valence electrons. The van der Waals surface area contributed by atoms with E-state index in [2.05, 4.69) is 32.2 Å². The Morgan fingerprint density at radius 3 is 3.08 bits per heavy atom. The molecule has 1 aliphatic rings. The summed E-state index contributed by atoms with van der Waals surface area (Å²) in [4.78, 5) is 4.40. The Hall–Kier alpha value is -2.59. The minimum absolute atomic E-state index is 0.334. The van der Waals surface area contributed by atoms with Gasteiger partial charge in [0, 0.05) is 6.54 Å². The summed E-state index contributed by atoms with van der Waals surface area (Å²) in [7, 11) is 0. The van der Waals surface area contributed by atoms with Crippen LogP contribution in [0.4, 0.5) is 5.13 Å². The van der Waals surface area contributed by atoms with Crippen molar-refractivity contribution in [1.29, 1.82) is 0 Å². The molecule has 1 aromatic carbocycles. The van der Waals surface area contributed by atoms with Crippen molar-refractivity contribution >= 4 is 28.2 Å². The van der Waals surface area contributed by atoms with Gasteiger partial charge in [0.25, 0.3) is 5.89 Å². The second-order valence-electron chi connectivity index (χ2n) is 5.24. The number of para-hydroxylation sites is 2. The maximum absolute atomic E-state index is 5.87. The van der Waals surface area contributed by atoms with Crippen molar-refractivity contribution in [3.05, 3.63) is 48.6 Å². The van der Waals surface area contributed by atoms with Crippen LogP contribution in [0.5, 0.6) is 11.5 Å². The van der Waals surface area contributed by atoms with Gasteiger partial charge >= 0.3 is 0 Å². The fourth-order valence-corrected chi connectivity index (χ4v) is 3.83. The van der Waals surface area contributed by atoms with Gasteiger partial charge in [-0.1, -0.05) is 46.5 Å². The monoisotopic (exact) mass is 389 g/mol. The van der Waals surface area contributed by atoms with Crippen molar-refractivity contribution in [1.82, 2.24) is 20.3 Å². The fraction of sp³-hybridized carbons (Fsp3) is 0.250. The van der Waals surface area contributed by atoms with Gasteiger partial charge in [-0.3, -0.25) is 0 Å². The Kier molecular flexibility index (Phi) is 5.02. The molecule has 4 rings (SSSR count). The summed E-state index contributed by atoms with van der Waals surface area (Å²) < 4.78 is 17.7. The van der Waals surface area contributed by atoms with E-state index >= 15 is 0 Å². The van der Waals surface area contributed by atoms with Gasteiger partial charge in [0.2, 0.25) is 11.2 Å². The molecule has 3 heterocycles. The van der Waals surface area contributed by atoms with Crippen LogP contribution in [0.1, 0.15) is 17.8 Å². The Bertz CT molecular complexity index is 897. The number of fused-ring (bicyclic) bond motifs is 1. The van der Waals surface area contributed by atoms with E-state index in [0.29, 0.717) is 36.4 Å². The molecule has 26 heavy (non-hydrogen) atoms. The number of aromatic nitrogens is 4. The van der Waals surface area contributed by atoms with Crippen molar-refractivity contribution in [2.75, 3.05) is 18.5 Å². The average Bonchev–Trinajstić information content (AvgIpc) is 3.34. The molecule has 1 N–H and O–H groups in total. The zero-order valence-corrected chi connectivity index (χ0v) is 15.3. The summed E-state index contributed by atoms with van der Waals surface area (Å²) in [6.07, 6.45) is 1.36. The second kappa shape index (κ2) is 7.75. The van der Waals surface area contributed by atoms with Crippen LogP contribution in [0.25, 0.3) is 0 Å². The molecule has 0 fully saturated rings. The van der Waals surface area contributed by atoms with Crippen molar-refractivity contribution in [3.8, 4) is 11.5 Å². The molecule has 2 aromatic heterocycles. The third kappa shape index (κ3) is 3.81. The predicted molar refractivity (Wildman–Crippen MR) is 97.8 cm³/mol. The van der Waals surface area contributed by atoms with E-state index in [1.54, 1.807) is 6.08 Å². The fourth-order valence-electron chi connectivity index (χ4n) is 2.22. The molecule has 1 aliphatic heterocycles. The van der Waals surface area contributed by atoms with E-state index in [4.69, 9.17) is 14.0 Å². The van der Waals surface area contributed by atoms with Crippen LogP contribution >= 0.6 is 23.1 Å². The van der Waals surface area contributed by atoms with Crippen LogP contribution in [-0.4, -0.2) is 33.5 Å². The Morgan fingerprint density at radius 2 is 2.19 bits per heavy atom. The quantitative estimate of drug-likeness (QED) is 0.482. The Balaban J connectivity index is 1.35. The number of rotatable bonds is 7. The highest BCUT2D eigenvalue weighted by Crippen LogP contribution is 2.35. The number of nitrogens with zero attached hydrogens (tertiary/aromatic N) is 4. The number of hydrogen-bond donors (Lipinski definition) is 1. The Labute approximate surface area is 157 Å². The van der Waals surface area contributed by atoms with Crippen molar-refractivity contribution in [2.24, 2.45) is 0 Å². The largest absolute Gasteiger partial charge is 0.485 e. The third-order valence-electron chi connectivity index (χ3n) is 3.40. The molecule has 0 amide bonds. The van der Waals surface area contributed by atoms with Gasteiger partial charge in [-0.05, 0) is 12.1 Å². The van der Waals surface area contributed by atoms with Gasteiger partial charge in [0.15, 0.2) is 21.7 Å². The number of benzene rings is 1. The van der Waals surface area contributed by atoms with E-state index in [1.165, 1.54) is 23.1 Å². The molecule has 0 bridgehead atoms. The van der Waals surface area contributed by atoms with Crippen LogP contribution < -0.4 is 14.8 Å². The van der Waals surface area contributed by atoms with E-state index in [0.717, 1.165) is 15.2 Å². The Morgan fingerprint density at radius 1 is 1.31 bits per heavy atom. The predicted octanol–water partition coefficient (Wildman–Crippen LogP) is 3.32. The number of nitrogens with one attached hydrogen (secondary N) is 1. The van der Waals surface area contributed by atoms with E-state index in [1.807, 2.05) is 24.3 Å². The van der Waals surface area contributed by atoms with E-state index in [9.17, 15) is 0 Å². The molecule has 8 nitrogen and oxygen atoms in total. The lowest BCUT2D eigenvalue weighted by Crippen LogP contribution is -2.21. The maximum Gasteiger partial charge on any atom is 0.271 e. The minimum Gasteiger partial charge on any atom is -0.485 e. The SMILES string of the molecule is C=CCNc1nnc(SCc2noc([C@@H]3COc4ccccc4O3)n2)s1. The number of hydrogen-bond acceptors (Lipinski definition) is 10. The third-order valence-corrected chi connectivity index (χ3v) is 5.41. The maximum atomic E-state index is 5.87. The zero-order chi connectivity index (χ0) is 17.8. The summed E-state index contributed by atoms with van der Waals surface area (Å²) in [6.45, 7) is 4.64. The minimum atomic E-state index is -0.410. The molecule has 0 radical (unpaired) electrons. The molecular formula is C16H15N5O3S2. The highest BCUT2D eigenvalue weighted by molar-refractivity contribution is 8.00. The molecule has 3 aromatic rings. The van der Waals surface area contributed by atoms with Crippen LogP contribution in [0.2, 0.25) is 0 Å². The first-order valence-corrected chi connectivity index (χ1v) is 9.64. The van der Waals surface area contributed by atoms with Gasteiger partial charge in [0.05, 0.1) is 5.75 Å². The number of anilines is 1. The lowest BCUT2D eigenvalue weighted by Gasteiger charge is -2.23. The zero-order valence-electron chi connectivity index (χ0n) is 13.6. The molecule has 10 heteroatoms. The van der Waals surface area contributed by atoms with E-state index < -0.39 is 6.10 Å². The molecule has 0 aliphatic carbocycles. The summed E-state index contributed by atoms with van der Waals surface area (Å²) in [5.41, 5.74) is 0. The molecule has 1 atom stereocenters. The first kappa shape index (κ1) is 16.9. The van der Waals surface area contributed by atoms with Gasteiger partial charge in [0.1, 0.15) is 6.61 Å². The number of thioether (sulfide) groups is 1. The van der Waals surface area contributed by atoms with Crippen LogP contribution in [0, 0.1) is 0 Å². The highest BCUT2D eigenvalue weighted by atomic mass is 32.2. The molecule has 0 saturated carbocycles. The summed E-state index contributed by atoms with van der Waals surface area (Å²) in [5, 5.41) is 16.0. The van der Waals surface area contributed by atoms with Crippen molar-refractivity contribution in [3.63, 3.8) is 0 Å². The first-order valence-electron chi connectivity index (χ1n) is 7.84. The smallest absolute Gasteiger partial charge is 0.271 e. The van der Waals surface area contributed by atoms with Crippen molar-refractivity contribution in [2.45, 2.75) is 16.2 Å².